The number of Topliss-reactive ketones (excluding diaryl/α,β-unsaturated/α-hetero) is 2. The summed E-state index contributed by atoms with van der Waals surface area (Å²) >= 11 is 0. The van der Waals surface area contributed by atoms with E-state index in [1.807, 2.05) is 37.3 Å². The van der Waals surface area contributed by atoms with E-state index in [0.29, 0.717) is 17.4 Å². The first-order valence-corrected chi connectivity index (χ1v) is 12.7. The van der Waals surface area contributed by atoms with Crippen molar-refractivity contribution in [2.24, 2.45) is 22.7 Å². The highest BCUT2D eigenvalue weighted by molar-refractivity contribution is 5.99. The predicted octanol–water partition coefficient (Wildman–Crippen LogP) is 6.39. The molecule has 0 heterocycles. The molecule has 5 atom stereocenters. The lowest BCUT2D eigenvalue weighted by Gasteiger charge is -2.51. The Labute approximate surface area is 203 Å². The summed E-state index contributed by atoms with van der Waals surface area (Å²) in [5.74, 6) is 7.74. The summed E-state index contributed by atoms with van der Waals surface area (Å²) in [6.07, 6.45) is 8.59. The molecule has 0 aromatic heterocycles. The van der Waals surface area contributed by atoms with Gasteiger partial charge in [0.2, 0.25) is 0 Å². The Kier molecular flexibility index (Phi) is 5.55. The van der Waals surface area contributed by atoms with Crippen molar-refractivity contribution in [2.45, 2.75) is 78.6 Å². The van der Waals surface area contributed by atoms with E-state index < -0.39 is 5.41 Å². The average Bonchev–Trinajstić information content (AvgIpc) is 3.12. The van der Waals surface area contributed by atoms with Gasteiger partial charge in [0.1, 0.15) is 5.78 Å². The molecule has 0 aliphatic heterocycles. The third-order valence-corrected chi connectivity index (χ3v) is 9.70. The number of fused-ring (bicyclic) bond motifs is 4. The van der Waals surface area contributed by atoms with Gasteiger partial charge >= 0.3 is 0 Å². The Balaban J connectivity index is 1.50. The Bertz CT molecular complexity index is 1200. The summed E-state index contributed by atoms with van der Waals surface area (Å²) in [7, 11) is 0. The Hall–Kier alpha value is -2.73. The van der Waals surface area contributed by atoms with Crippen molar-refractivity contribution in [3.8, 4) is 11.8 Å². The Morgan fingerprint density at radius 2 is 1.76 bits per heavy atom. The van der Waals surface area contributed by atoms with E-state index in [0.717, 1.165) is 50.5 Å². The number of allylic oxidation sites excluding steroid dienone is 4. The van der Waals surface area contributed by atoms with Crippen molar-refractivity contribution in [3.05, 3.63) is 58.2 Å². The molecule has 1 aromatic carbocycles. The average molecular weight is 455 g/mol. The molecule has 2 fully saturated rings. The zero-order valence-electron chi connectivity index (χ0n) is 20.8. The standard InChI is InChI=1S/C31H34O3/c1-5-14-31(20(3)33)16-13-28-25-11-10-23-17-29(34)27(22-8-6-21(7-9-22)19(2)32)18-26(23)24(25)12-15-30(28,31)4/h6-9,17,25,27-28H,10-13,15-16,18H2,1-4H3/t25-,27?,28+,30+,31-/m1/s1. The summed E-state index contributed by atoms with van der Waals surface area (Å²) in [5.41, 5.74) is 5.27. The SMILES string of the molecule is CC#C[C@]1(C(C)=O)CC[C@H]2[C@@H]3CCC4=CC(=O)C(c5ccc(C(C)=O)cc5)CC4=C3CC[C@@]21C. The lowest BCUT2D eigenvalue weighted by Crippen LogP contribution is -2.48. The fourth-order valence-corrected chi connectivity index (χ4v) is 7.89. The molecular formula is C31H34O3. The summed E-state index contributed by atoms with van der Waals surface area (Å²) in [4.78, 5) is 37.7. The zero-order chi connectivity index (χ0) is 24.3. The van der Waals surface area contributed by atoms with E-state index in [9.17, 15) is 14.4 Å². The first-order chi connectivity index (χ1) is 16.2. The highest BCUT2D eigenvalue weighted by Gasteiger charge is 2.62. The van der Waals surface area contributed by atoms with Crippen LogP contribution in [0.1, 0.15) is 94.5 Å². The van der Waals surface area contributed by atoms with Gasteiger partial charge in [0.15, 0.2) is 11.6 Å². The molecule has 0 saturated heterocycles. The molecular weight excluding hydrogens is 420 g/mol. The largest absolute Gasteiger partial charge is 0.298 e. The van der Waals surface area contributed by atoms with Gasteiger partial charge in [-0.25, -0.2) is 0 Å². The number of hydrogen-bond acceptors (Lipinski definition) is 3. The van der Waals surface area contributed by atoms with Gasteiger partial charge in [-0.2, -0.15) is 0 Å². The number of rotatable bonds is 3. The maximum atomic E-state index is 13.1. The lowest BCUT2D eigenvalue weighted by atomic mass is 9.51. The highest BCUT2D eigenvalue weighted by Crippen LogP contribution is 2.67. The molecule has 0 bridgehead atoms. The van der Waals surface area contributed by atoms with Crippen molar-refractivity contribution in [3.63, 3.8) is 0 Å². The number of carbonyl (C=O) groups excluding carboxylic acids is 3. The van der Waals surface area contributed by atoms with Crippen molar-refractivity contribution < 1.29 is 14.4 Å². The van der Waals surface area contributed by atoms with Crippen LogP contribution >= 0.6 is 0 Å². The maximum absolute atomic E-state index is 13.1. The van der Waals surface area contributed by atoms with Crippen LogP contribution in [0.3, 0.4) is 0 Å². The molecule has 5 rings (SSSR count). The molecule has 4 aliphatic rings. The van der Waals surface area contributed by atoms with Crippen LogP contribution in [0.2, 0.25) is 0 Å². The van der Waals surface area contributed by atoms with E-state index >= 15 is 0 Å². The fourth-order valence-electron chi connectivity index (χ4n) is 7.89. The first-order valence-electron chi connectivity index (χ1n) is 12.7. The molecule has 2 saturated carbocycles. The van der Waals surface area contributed by atoms with Crippen LogP contribution in [0.25, 0.3) is 0 Å². The Morgan fingerprint density at radius 3 is 2.41 bits per heavy atom. The number of carbonyl (C=O) groups is 3. The Morgan fingerprint density at radius 1 is 1.03 bits per heavy atom. The van der Waals surface area contributed by atoms with Crippen molar-refractivity contribution >= 4 is 17.3 Å². The molecule has 176 valence electrons. The minimum Gasteiger partial charge on any atom is -0.298 e. The van der Waals surface area contributed by atoms with Gasteiger partial charge in [0.25, 0.3) is 0 Å². The number of benzene rings is 1. The molecule has 34 heavy (non-hydrogen) atoms. The summed E-state index contributed by atoms with van der Waals surface area (Å²) in [5, 5.41) is 0. The second-order valence-electron chi connectivity index (χ2n) is 11.1. The molecule has 0 N–H and O–H groups in total. The van der Waals surface area contributed by atoms with Gasteiger partial charge in [0.05, 0.1) is 11.3 Å². The quantitative estimate of drug-likeness (QED) is 0.393. The topological polar surface area (TPSA) is 51.2 Å². The molecule has 0 amide bonds. The van der Waals surface area contributed by atoms with Gasteiger partial charge in [-0.3, -0.25) is 14.4 Å². The monoisotopic (exact) mass is 454 g/mol. The number of ketones is 3. The van der Waals surface area contributed by atoms with Crippen LogP contribution in [0.5, 0.6) is 0 Å². The highest BCUT2D eigenvalue weighted by atomic mass is 16.1. The van der Waals surface area contributed by atoms with E-state index in [-0.39, 0.29) is 28.7 Å². The van der Waals surface area contributed by atoms with Gasteiger partial charge in [-0.15, -0.1) is 5.92 Å². The van der Waals surface area contributed by atoms with Crippen LogP contribution in [0.15, 0.2) is 47.1 Å². The molecule has 4 aliphatic carbocycles. The maximum Gasteiger partial charge on any atom is 0.163 e. The van der Waals surface area contributed by atoms with Crippen LogP contribution in [-0.4, -0.2) is 17.3 Å². The van der Waals surface area contributed by atoms with Crippen molar-refractivity contribution in [2.75, 3.05) is 0 Å². The van der Waals surface area contributed by atoms with E-state index in [1.54, 1.807) is 19.4 Å². The van der Waals surface area contributed by atoms with Crippen molar-refractivity contribution in [1.29, 1.82) is 0 Å². The van der Waals surface area contributed by atoms with Gasteiger partial charge in [-0.05, 0) is 106 Å². The zero-order valence-corrected chi connectivity index (χ0v) is 20.8. The van der Waals surface area contributed by atoms with Crippen LogP contribution in [0, 0.1) is 34.5 Å². The molecule has 1 aromatic rings. The van der Waals surface area contributed by atoms with Gasteiger partial charge in [-0.1, -0.05) is 42.7 Å². The van der Waals surface area contributed by atoms with Crippen LogP contribution in [0.4, 0.5) is 0 Å². The summed E-state index contributed by atoms with van der Waals surface area (Å²) < 4.78 is 0. The van der Waals surface area contributed by atoms with E-state index in [4.69, 9.17) is 0 Å². The summed E-state index contributed by atoms with van der Waals surface area (Å²) in [6.45, 7) is 7.49. The van der Waals surface area contributed by atoms with Gasteiger partial charge in [0, 0.05) is 5.56 Å². The van der Waals surface area contributed by atoms with Gasteiger partial charge < -0.3 is 0 Å². The minimum absolute atomic E-state index is 0.0416. The first kappa shape index (κ1) is 23.0. The van der Waals surface area contributed by atoms with Crippen LogP contribution in [-0.2, 0) is 9.59 Å². The smallest absolute Gasteiger partial charge is 0.163 e. The molecule has 3 heteroatoms. The van der Waals surface area contributed by atoms with E-state index in [2.05, 4.69) is 18.8 Å². The second-order valence-corrected chi connectivity index (χ2v) is 11.1. The molecule has 0 spiro atoms. The third kappa shape index (κ3) is 3.22. The molecule has 0 radical (unpaired) electrons. The summed E-state index contributed by atoms with van der Waals surface area (Å²) in [6, 6.07) is 7.57. The second kappa shape index (κ2) is 8.19. The fraction of sp³-hybridized carbons (Fsp3) is 0.516. The minimum atomic E-state index is -0.512. The van der Waals surface area contributed by atoms with Crippen LogP contribution < -0.4 is 0 Å². The third-order valence-electron chi connectivity index (χ3n) is 9.70. The normalized spacial score (nSPS) is 34.3. The molecule has 1 unspecified atom stereocenters. The van der Waals surface area contributed by atoms with E-state index in [1.165, 1.54) is 11.1 Å². The molecule has 3 nitrogen and oxygen atoms in total. The lowest BCUT2D eigenvalue weighted by molar-refractivity contribution is -0.130. The predicted molar refractivity (Wildman–Crippen MR) is 133 cm³/mol. The van der Waals surface area contributed by atoms with Crippen molar-refractivity contribution in [1.82, 2.24) is 0 Å². The number of hydrogen-bond donors (Lipinski definition) is 0.